The van der Waals surface area contributed by atoms with E-state index in [-0.39, 0.29) is 6.61 Å². The Morgan fingerprint density at radius 2 is 2.33 bits per heavy atom. The minimum absolute atomic E-state index is 0.260. The third-order valence-corrected chi connectivity index (χ3v) is 2.32. The zero-order chi connectivity index (χ0) is 8.81. The van der Waals surface area contributed by atoms with E-state index in [9.17, 15) is 0 Å². The van der Waals surface area contributed by atoms with Crippen molar-refractivity contribution in [2.45, 2.75) is 25.8 Å². The van der Waals surface area contributed by atoms with E-state index < -0.39 is 0 Å². The SMILES string of the molecule is CCCN(CCO)C1CCOC1. The molecule has 0 amide bonds. The Labute approximate surface area is 74.3 Å². The molecule has 1 aliphatic heterocycles. The smallest absolute Gasteiger partial charge is 0.0622 e. The van der Waals surface area contributed by atoms with Crippen molar-refractivity contribution in [3.8, 4) is 0 Å². The Morgan fingerprint density at radius 1 is 1.50 bits per heavy atom. The van der Waals surface area contributed by atoms with Crippen LogP contribution in [0.2, 0.25) is 0 Å². The number of rotatable bonds is 5. The third-order valence-electron chi connectivity index (χ3n) is 2.32. The number of aliphatic hydroxyl groups is 1. The van der Waals surface area contributed by atoms with Crippen LogP contribution in [-0.2, 0) is 4.74 Å². The minimum atomic E-state index is 0.260. The maximum absolute atomic E-state index is 8.84. The summed E-state index contributed by atoms with van der Waals surface area (Å²) in [5.41, 5.74) is 0. The highest BCUT2D eigenvalue weighted by Crippen LogP contribution is 2.11. The normalized spacial score (nSPS) is 23.8. The summed E-state index contributed by atoms with van der Waals surface area (Å²) in [5, 5.41) is 8.84. The predicted molar refractivity (Wildman–Crippen MR) is 48.2 cm³/mol. The molecular weight excluding hydrogens is 154 g/mol. The van der Waals surface area contributed by atoms with E-state index in [0.717, 1.165) is 39.1 Å². The van der Waals surface area contributed by atoms with Crippen LogP contribution in [0.1, 0.15) is 19.8 Å². The topological polar surface area (TPSA) is 32.7 Å². The molecule has 3 nitrogen and oxygen atoms in total. The number of hydrogen-bond acceptors (Lipinski definition) is 3. The number of hydrogen-bond donors (Lipinski definition) is 1. The summed E-state index contributed by atoms with van der Waals surface area (Å²) in [4.78, 5) is 2.33. The minimum Gasteiger partial charge on any atom is -0.395 e. The molecule has 3 heteroatoms. The quantitative estimate of drug-likeness (QED) is 0.656. The van der Waals surface area contributed by atoms with Crippen LogP contribution in [0.3, 0.4) is 0 Å². The van der Waals surface area contributed by atoms with Crippen molar-refractivity contribution in [1.29, 1.82) is 0 Å². The lowest BCUT2D eigenvalue weighted by molar-refractivity contribution is 0.123. The number of aliphatic hydroxyl groups excluding tert-OH is 1. The van der Waals surface area contributed by atoms with Crippen molar-refractivity contribution in [3.63, 3.8) is 0 Å². The monoisotopic (exact) mass is 173 g/mol. The maximum atomic E-state index is 8.84. The van der Waals surface area contributed by atoms with Gasteiger partial charge in [-0.3, -0.25) is 4.90 Å². The zero-order valence-electron chi connectivity index (χ0n) is 7.83. The van der Waals surface area contributed by atoms with Gasteiger partial charge >= 0.3 is 0 Å². The summed E-state index contributed by atoms with van der Waals surface area (Å²) in [6, 6.07) is 0.553. The maximum Gasteiger partial charge on any atom is 0.0622 e. The Balaban J connectivity index is 2.29. The molecule has 0 radical (unpaired) electrons. The summed E-state index contributed by atoms with van der Waals surface area (Å²) >= 11 is 0. The Morgan fingerprint density at radius 3 is 2.83 bits per heavy atom. The van der Waals surface area contributed by atoms with Crippen LogP contribution in [0, 0.1) is 0 Å². The fourth-order valence-corrected chi connectivity index (χ4v) is 1.70. The number of nitrogens with zero attached hydrogens (tertiary/aromatic N) is 1. The van der Waals surface area contributed by atoms with E-state index in [2.05, 4.69) is 11.8 Å². The summed E-state index contributed by atoms with van der Waals surface area (Å²) < 4.78 is 5.31. The lowest BCUT2D eigenvalue weighted by atomic mass is 10.2. The first-order valence-corrected chi connectivity index (χ1v) is 4.81. The molecule has 1 N–H and O–H groups in total. The van der Waals surface area contributed by atoms with Gasteiger partial charge in [0.15, 0.2) is 0 Å². The predicted octanol–water partition coefficient (Wildman–Crippen LogP) is 0.480. The molecule has 72 valence electrons. The van der Waals surface area contributed by atoms with Crippen molar-refractivity contribution >= 4 is 0 Å². The molecule has 0 aromatic rings. The van der Waals surface area contributed by atoms with Gasteiger partial charge in [0, 0.05) is 19.2 Å². The molecular formula is C9H19NO2. The Kier molecular flexibility index (Phi) is 4.58. The average molecular weight is 173 g/mol. The fraction of sp³-hybridized carbons (Fsp3) is 1.00. The van der Waals surface area contributed by atoms with Crippen molar-refractivity contribution < 1.29 is 9.84 Å². The Hall–Kier alpha value is -0.120. The van der Waals surface area contributed by atoms with Crippen LogP contribution >= 0.6 is 0 Å². The van der Waals surface area contributed by atoms with E-state index >= 15 is 0 Å². The van der Waals surface area contributed by atoms with Gasteiger partial charge < -0.3 is 9.84 Å². The Bertz CT molecular complexity index is 107. The van der Waals surface area contributed by atoms with Crippen molar-refractivity contribution in [2.75, 3.05) is 32.9 Å². The fourth-order valence-electron chi connectivity index (χ4n) is 1.70. The molecule has 12 heavy (non-hydrogen) atoms. The van der Waals surface area contributed by atoms with Gasteiger partial charge in [0.05, 0.1) is 13.2 Å². The largest absolute Gasteiger partial charge is 0.395 e. The molecule has 0 aromatic heterocycles. The van der Waals surface area contributed by atoms with Crippen molar-refractivity contribution in [2.24, 2.45) is 0 Å². The van der Waals surface area contributed by atoms with E-state index in [1.807, 2.05) is 0 Å². The summed E-state index contributed by atoms with van der Waals surface area (Å²) in [6.45, 7) is 6.03. The van der Waals surface area contributed by atoms with Crippen LogP contribution in [0.5, 0.6) is 0 Å². The molecule has 1 unspecified atom stereocenters. The van der Waals surface area contributed by atoms with E-state index in [1.165, 1.54) is 0 Å². The lowest BCUT2D eigenvalue weighted by Crippen LogP contribution is -2.38. The summed E-state index contributed by atoms with van der Waals surface area (Å²) in [5.74, 6) is 0. The zero-order valence-corrected chi connectivity index (χ0v) is 7.83. The molecule has 0 bridgehead atoms. The molecule has 1 fully saturated rings. The molecule has 0 aromatic carbocycles. The second-order valence-corrected chi connectivity index (χ2v) is 3.28. The highest BCUT2D eigenvalue weighted by Gasteiger charge is 2.21. The van der Waals surface area contributed by atoms with Crippen LogP contribution in [0.25, 0.3) is 0 Å². The van der Waals surface area contributed by atoms with E-state index in [4.69, 9.17) is 9.84 Å². The van der Waals surface area contributed by atoms with Gasteiger partial charge in [-0.25, -0.2) is 0 Å². The van der Waals surface area contributed by atoms with Crippen LogP contribution < -0.4 is 0 Å². The van der Waals surface area contributed by atoms with Gasteiger partial charge in [-0.05, 0) is 19.4 Å². The lowest BCUT2D eigenvalue weighted by Gasteiger charge is -2.26. The summed E-state index contributed by atoms with van der Waals surface area (Å²) in [7, 11) is 0. The molecule has 1 aliphatic rings. The first-order chi connectivity index (χ1) is 5.88. The molecule has 0 spiro atoms. The molecule has 1 saturated heterocycles. The van der Waals surface area contributed by atoms with Crippen LogP contribution in [-0.4, -0.2) is 49.0 Å². The highest BCUT2D eigenvalue weighted by molar-refractivity contribution is 4.74. The second kappa shape index (κ2) is 5.51. The van der Waals surface area contributed by atoms with Crippen molar-refractivity contribution in [3.05, 3.63) is 0 Å². The molecule has 1 atom stereocenters. The van der Waals surface area contributed by atoms with Gasteiger partial charge in [0.1, 0.15) is 0 Å². The molecule has 0 aliphatic carbocycles. The molecule has 1 rings (SSSR count). The standard InChI is InChI=1S/C9H19NO2/c1-2-4-10(5-6-11)9-3-7-12-8-9/h9,11H,2-8H2,1H3. The van der Waals surface area contributed by atoms with Gasteiger partial charge in [-0.2, -0.15) is 0 Å². The number of ether oxygens (including phenoxy) is 1. The first kappa shape index (κ1) is 9.96. The van der Waals surface area contributed by atoms with Gasteiger partial charge in [0.25, 0.3) is 0 Å². The molecule has 0 saturated carbocycles. The average Bonchev–Trinajstić information content (AvgIpc) is 2.56. The molecule has 1 heterocycles. The summed E-state index contributed by atoms with van der Waals surface area (Å²) in [6.07, 6.45) is 2.27. The van der Waals surface area contributed by atoms with Gasteiger partial charge in [0.2, 0.25) is 0 Å². The third kappa shape index (κ3) is 2.73. The van der Waals surface area contributed by atoms with Crippen molar-refractivity contribution in [1.82, 2.24) is 4.90 Å². The highest BCUT2D eigenvalue weighted by atomic mass is 16.5. The van der Waals surface area contributed by atoms with E-state index in [0.29, 0.717) is 6.04 Å². The van der Waals surface area contributed by atoms with Gasteiger partial charge in [-0.15, -0.1) is 0 Å². The van der Waals surface area contributed by atoms with Gasteiger partial charge in [-0.1, -0.05) is 6.92 Å². The second-order valence-electron chi connectivity index (χ2n) is 3.28. The van der Waals surface area contributed by atoms with Crippen LogP contribution in [0.15, 0.2) is 0 Å². The van der Waals surface area contributed by atoms with Crippen LogP contribution in [0.4, 0.5) is 0 Å². The first-order valence-electron chi connectivity index (χ1n) is 4.81. The van der Waals surface area contributed by atoms with E-state index in [1.54, 1.807) is 0 Å².